The average Bonchev–Trinajstić information content (AvgIpc) is 2.46. The zero-order chi connectivity index (χ0) is 11.2. The number of rotatable bonds is 0. The number of aryl methyl sites for hydroxylation is 2. The molecule has 0 aliphatic rings. The number of nitrogens with one attached hydrogen (secondary N) is 1. The Bertz CT molecular complexity index is 501. The zero-order valence-corrected chi connectivity index (χ0v) is 10.1. The third kappa shape index (κ3) is 1.76. The van der Waals surface area contributed by atoms with Gasteiger partial charge in [0.2, 0.25) is 0 Å². The van der Waals surface area contributed by atoms with Crippen LogP contribution in [0.1, 0.15) is 37.7 Å². The zero-order valence-electron chi connectivity index (χ0n) is 10.1. The van der Waals surface area contributed by atoms with Gasteiger partial charge in [-0.2, -0.15) is 0 Å². The van der Waals surface area contributed by atoms with Crippen LogP contribution in [0, 0.1) is 13.8 Å². The van der Waals surface area contributed by atoms with Crippen molar-refractivity contribution in [3.8, 4) is 0 Å². The molecule has 15 heavy (non-hydrogen) atoms. The Morgan fingerprint density at radius 3 is 2.40 bits per heavy atom. The van der Waals surface area contributed by atoms with Crippen LogP contribution in [-0.2, 0) is 5.41 Å². The molecule has 2 heteroatoms. The van der Waals surface area contributed by atoms with E-state index >= 15 is 0 Å². The summed E-state index contributed by atoms with van der Waals surface area (Å²) < 4.78 is 0. The van der Waals surface area contributed by atoms with Crippen LogP contribution in [0.4, 0.5) is 0 Å². The van der Waals surface area contributed by atoms with Crippen molar-refractivity contribution in [1.82, 2.24) is 9.97 Å². The van der Waals surface area contributed by atoms with Crippen LogP contribution in [-0.4, -0.2) is 9.97 Å². The molecule has 1 N–H and O–H groups in total. The molecular formula is C13H18N2. The molecule has 1 aromatic carbocycles. The normalized spacial score (nSPS) is 12.3. The van der Waals surface area contributed by atoms with Gasteiger partial charge in [0.05, 0.1) is 11.0 Å². The van der Waals surface area contributed by atoms with E-state index < -0.39 is 0 Å². The topological polar surface area (TPSA) is 28.7 Å². The minimum absolute atomic E-state index is 0.0827. The lowest BCUT2D eigenvalue weighted by Gasteiger charge is -2.13. The van der Waals surface area contributed by atoms with E-state index in [0.717, 1.165) is 16.9 Å². The second kappa shape index (κ2) is 3.09. The van der Waals surface area contributed by atoms with Gasteiger partial charge in [0.25, 0.3) is 0 Å². The minimum Gasteiger partial charge on any atom is -0.342 e. The highest BCUT2D eigenvalue weighted by Crippen LogP contribution is 2.24. The highest BCUT2D eigenvalue weighted by Gasteiger charge is 2.18. The van der Waals surface area contributed by atoms with Crippen molar-refractivity contribution in [3.05, 3.63) is 29.1 Å². The molecule has 1 heterocycles. The Labute approximate surface area is 90.7 Å². The van der Waals surface area contributed by atoms with Crippen LogP contribution in [0.5, 0.6) is 0 Å². The number of H-pyrrole nitrogens is 1. The van der Waals surface area contributed by atoms with Crippen molar-refractivity contribution in [3.63, 3.8) is 0 Å². The maximum atomic E-state index is 4.67. The summed E-state index contributed by atoms with van der Waals surface area (Å²) in [5, 5.41) is 0. The van der Waals surface area contributed by atoms with Gasteiger partial charge >= 0.3 is 0 Å². The lowest BCUT2D eigenvalue weighted by molar-refractivity contribution is 0.554. The second-order valence-electron chi connectivity index (χ2n) is 5.31. The highest BCUT2D eigenvalue weighted by molar-refractivity contribution is 5.79. The molecule has 0 aliphatic heterocycles. The summed E-state index contributed by atoms with van der Waals surface area (Å²) in [7, 11) is 0. The largest absolute Gasteiger partial charge is 0.342 e. The number of hydrogen-bond donors (Lipinski definition) is 1. The highest BCUT2D eigenvalue weighted by atomic mass is 14.9. The van der Waals surface area contributed by atoms with Gasteiger partial charge in [-0.3, -0.25) is 0 Å². The molecule has 0 amide bonds. The number of fused-ring (bicyclic) bond motifs is 1. The quantitative estimate of drug-likeness (QED) is 0.696. The van der Waals surface area contributed by atoms with Gasteiger partial charge in [-0.05, 0) is 31.0 Å². The first-order chi connectivity index (χ1) is 6.88. The first-order valence-electron chi connectivity index (χ1n) is 5.35. The molecule has 0 bridgehead atoms. The van der Waals surface area contributed by atoms with E-state index in [0.29, 0.717) is 0 Å². The maximum absolute atomic E-state index is 4.67. The molecule has 80 valence electrons. The monoisotopic (exact) mass is 202 g/mol. The number of nitrogens with zero attached hydrogens (tertiary/aromatic N) is 1. The summed E-state index contributed by atoms with van der Waals surface area (Å²) in [5.41, 5.74) is 4.86. The molecule has 0 saturated heterocycles. The Kier molecular flexibility index (Phi) is 2.10. The average molecular weight is 202 g/mol. The van der Waals surface area contributed by atoms with Crippen LogP contribution in [0.15, 0.2) is 12.1 Å². The molecular weight excluding hydrogens is 184 g/mol. The van der Waals surface area contributed by atoms with Gasteiger partial charge < -0.3 is 4.98 Å². The number of aromatic amines is 1. The van der Waals surface area contributed by atoms with Gasteiger partial charge in [0.15, 0.2) is 0 Å². The number of hydrogen-bond acceptors (Lipinski definition) is 1. The van der Waals surface area contributed by atoms with Crippen LogP contribution >= 0.6 is 0 Å². The van der Waals surface area contributed by atoms with E-state index in [-0.39, 0.29) is 5.41 Å². The molecule has 2 rings (SSSR count). The fourth-order valence-electron chi connectivity index (χ4n) is 1.83. The van der Waals surface area contributed by atoms with Gasteiger partial charge in [0, 0.05) is 5.41 Å². The fraction of sp³-hybridized carbons (Fsp3) is 0.462. The molecule has 0 saturated carbocycles. The van der Waals surface area contributed by atoms with Crippen molar-refractivity contribution in [2.24, 2.45) is 0 Å². The summed E-state index contributed by atoms with van der Waals surface area (Å²) in [4.78, 5) is 8.08. The third-order valence-corrected chi connectivity index (χ3v) is 2.63. The van der Waals surface area contributed by atoms with Crippen LogP contribution in [0.2, 0.25) is 0 Å². The lowest BCUT2D eigenvalue weighted by Crippen LogP contribution is -2.12. The Morgan fingerprint density at radius 1 is 1.13 bits per heavy atom. The standard InChI is InChI=1S/C13H18N2/c1-8-6-9(2)11-10(7-8)14-12(15-11)13(3,4)5/h6-7H,1-5H3,(H,14,15). The molecule has 0 fully saturated rings. The Balaban J connectivity index is 2.71. The van der Waals surface area contributed by atoms with E-state index in [1.165, 1.54) is 11.1 Å². The van der Waals surface area contributed by atoms with E-state index in [9.17, 15) is 0 Å². The molecule has 0 spiro atoms. The summed E-state index contributed by atoms with van der Waals surface area (Å²) in [6, 6.07) is 4.33. The SMILES string of the molecule is Cc1cc(C)c2nc(C(C)(C)C)[nH]c2c1. The lowest BCUT2D eigenvalue weighted by atomic mass is 9.96. The van der Waals surface area contributed by atoms with Crippen LogP contribution in [0.25, 0.3) is 11.0 Å². The predicted molar refractivity (Wildman–Crippen MR) is 64.3 cm³/mol. The molecule has 2 nitrogen and oxygen atoms in total. The van der Waals surface area contributed by atoms with Gasteiger partial charge in [-0.25, -0.2) is 4.98 Å². The second-order valence-corrected chi connectivity index (χ2v) is 5.31. The molecule has 0 radical (unpaired) electrons. The minimum atomic E-state index is 0.0827. The molecule has 0 atom stereocenters. The van der Waals surface area contributed by atoms with Gasteiger partial charge in [0.1, 0.15) is 5.82 Å². The van der Waals surface area contributed by atoms with E-state index in [1.54, 1.807) is 0 Å². The van der Waals surface area contributed by atoms with Crippen LogP contribution in [0.3, 0.4) is 0 Å². The maximum Gasteiger partial charge on any atom is 0.112 e. The first-order valence-corrected chi connectivity index (χ1v) is 5.35. The van der Waals surface area contributed by atoms with Crippen molar-refractivity contribution >= 4 is 11.0 Å². The van der Waals surface area contributed by atoms with Gasteiger partial charge in [-0.1, -0.05) is 26.8 Å². The van der Waals surface area contributed by atoms with Crippen LogP contribution < -0.4 is 0 Å². The number of aromatic nitrogens is 2. The molecule has 0 unspecified atom stereocenters. The number of imidazole rings is 1. The van der Waals surface area contributed by atoms with Crippen molar-refractivity contribution in [2.45, 2.75) is 40.0 Å². The molecule has 2 aromatic rings. The van der Waals surface area contributed by atoms with E-state index in [4.69, 9.17) is 0 Å². The summed E-state index contributed by atoms with van der Waals surface area (Å²) in [5.74, 6) is 1.06. The van der Waals surface area contributed by atoms with Crippen molar-refractivity contribution in [2.75, 3.05) is 0 Å². The Morgan fingerprint density at radius 2 is 1.80 bits per heavy atom. The summed E-state index contributed by atoms with van der Waals surface area (Å²) in [6.07, 6.45) is 0. The smallest absolute Gasteiger partial charge is 0.112 e. The first kappa shape index (κ1) is 10.2. The summed E-state index contributed by atoms with van der Waals surface area (Å²) >= 11 is 0. The Hall–Kier alpha value is -1.31. The number of benzene rings is 1. The molecule has 1 aromatic heterocycles. The molecule has 0 aliphatic carbocycles. The van der Waals surface area contributed by atoms with E-state index in [2.05, 4.69) is 56.7 Å². The van der Waals surface area contributed by atoms with Gasteiger partial charge in [-0.15, -0.1) is 0 Å². The summed E-state index contributed by atoms with van der Waals surface area (Å²) in [6.45, 7) is 10.7. The third-order valence-electron chi connectivity index (χ3n) is 2.63. The fourth-order valence-corrected chi connectivity index (χ4v) is 1.83. The predicted octanol–water partition coefficient (Wildman–Crippen LogP) is 3.48. The van der Waals surface area contributed by atoms with Crippen molar-refractivity contribution < 1.29 is 0 Å². The van der Waals surface area contributed by atoms with Crippen molar-refractivity contribution in [1.29, 1.82) is 0 Å². The van der Waals surface area contributed by atoms with E-state index in [1.807, 2.05) is 0 Å².